The molecule has 21 heavy (non-hydrogen) atoms. The van der Waals surface area contributed by atoms with Gasteiger partial charge in [0.25, 0.3) is 0 Å². The summed E-state index contributed by atoms with van der Waals surface area (Å²) in [5.41, 5.74) is 0.528. The van der Waals surface area contributed by atoms with Crippen molar-refractivity contribution in [3.63, 3.8) is 0 Å². The van der Waals surface area contributed by atoms with E-state index in [4.69, 9.17) is 21.1 Å². The molecule has 0 saturated heterocycles. The molecular weight excluding hydrogens is 376 g/mol. The van der Waals surface area contributed by atoms with Crippen LogP contribution in [-0.2, 0) is 0 Å². The lowest BCUT2D eigenvalue weighted by Gasteiger charge is -2.13. The Kier molecular flexibility index (Phi) is 5.67. The predicted octanol–water partition coefficient (Wildman–Crippen LogP) is 5.19. The van der Waals surface area contributed by atoms with Crippen molar-refractivity contribution >= 4 is 44.7 Å². The number of hydrogen-bond acceptors (Lipinski definition) is 4. The summed E-state index contributed by atoms with van der Waals surface area (Å²) in [5, 5.41) is 0. The Morgan fingerprint density at radius 2 is 1.81 bits per heavy atom. The first-order chi connectivity index (χ1) is 10.1. The molecular formula is C15H14BrClO3S. The SMILES string of the molecule is CCOc1cc(Br)c(C(=O)c2ccc(Cl)s2)cc1OCC. The monoisotopic (exact) mass is 388 g/mol. The highest BCUT2D eigenvalue weighted by molar-refractivity contribution is 9.10. The molecule has 0 bridgehead atoms. The van der Waals surface area contributed by atoms with Crippen LogP contribution in [0, 0.1) is 0 Å². The lowest BCUT2D eigenvalue weighted by molar-refractivity contribution is 0.104. The molecule has 0 saturated carbocycles. The van der Waals surface area contributed by atoms with E-state index in [-0.39, 0.29) is 5.78 Å². The highest BCUT2D eigenvalue weighted by Gasteiger charge is 2.18. The van der Waals surface area contributed by atoms with Crippen molar-refractivity contribution in [3.8, 4) is 11.5 Å². The molecule has 1 aromatic heterocycles. The van der Waals surface area contributed by atoms with Gasteiger partial charge in [-0.3, -0.25) is 4.79 Å². The van der Waals surface area contributed by atoms with Gasteiger partial charge in [-0.05, 0) is 54.0 Å². The van der Waals surface area contributed by atoms with E-state index < -0.39 is 0 Å². The van der Waals surface area contributed by atoms with Gasteiger partial charge in [-0.25, -0.2) is 0 Å². The third kappa shape index (κ3) is 3.78. The fourth-order valence-electron chi connectivity index (χ4n) is 1.81. The summed E-state index contributed by atoms with van der Waals surface area (Å²) in [7, 11) is 0. The highest BCUT2D eigenvalue weighted by Crippen LogP contribution is 2.36. The molecule has 0 radical (unpaired) electrons. The number of ketones is 1. The van der Waals surface area contributed by atoms with Crippen molar-refractivity contribution in [1.82, 2.24) is 0 Å². The van der Waals surface area contributed by atoms with Gasteiger partial charge in [0.1, 0.15) is 0 Å². The first-order valence-electron chi connectivity index (χ1n) is 6.46. The second-order valence-electron chi connectivity index (χ2n) is 4.08. The van der Waals surface area contributed by atoms with Gasteiger partial charge in [0, 0.05) is 10.0 Å². The summed E-state index contributed by atoms with van der Waals surface area (Å²) in [4.78, 5) is 13.1. The van der Waals surface area contributed by atoms with E-state index in [9.17, 15) is 4.79 Å². The highest BCUT2D eigenvalue weighted by atomic mass is 79.9. The average molecular weight is 390 g/mol. The zero-order valence-electron chi connectivity index (χ0n) is 11.6. The second kappa shape index (κ2) is 7.29. The molecule has 0 aliphatic heterocycles. The Morgan fingerprint density at radius 1 is 1.19 bits per heavy atom. The summed E-state index contributed by atoms with van der Waals surface area (Å²) in [6, 6.07) is 6.90. The maximum Gasteiger partial charge on any atom is 0.204 e. The van der Waals surface area contributed by atoms with E-state index in [2.05, 4.69) is 15.9 Å². The Hall–Kier alpha value is -1.04. The molecule has 6 heteroatoms. The lowest BCUT2D eigenvalue weighted by Crippen LogP contribution is -2.04. The van der Waals surface area contributed by atoms with Crippen LogP contribution in [0.3, 0.4) is 0 Å². The lowest BCUT2D eigenvalue weighted by atomic mass is 10.1. The number of hydrogen-bond donors (Lipinski definition) is 0. The average Bonchev–Trinajstić information content (AvgIpc) is 2.88. The first kappa shape index (κ1) is 16.3. The van der Waals surface area contributed by atoms with Gasteiger partial charge in [0.05, 0.1) is 22.4 Å². The molecule has 0 atom stereocenters. The number of carbonyl (C=O) groups is 1. The number of carbonyl (C=O) groups excluding carboxylic acids is 1. The molecule has 3 nitrogen and oxygen atoms in total. The number of benzene rings is 1. The standard InChI is InChI=1S/C15H14BrClO3S/c1-3-19-11-7-9(10(16)8-12(11)20-4-2)15(18)13-5-6-14(17)21-13/h5-8H,3-4H2,1-2H3. The molecule has 1 heterocycles. The van der Waals surface area contributed by atoms with Crippen molar-refractivity contribution < 1.29 is 14.3 Å². The summed E-state index contributed by atoms with van der Waals surface area (Å²) >= 11 is 10.6. The molecule has 0 unspecified atom stereocenters. The van der Waals surface area contributed by atoms with Crippen LogP contribution in [0.5, 0.6) is 11.5 Å². The van der Waals surface area contributed by atoms with Crippen molar-refractivity contribution in [2.75, 3.05) is 13.2 Å². The summed E-state index contributed by atoms with van der Waals surface area (Å²) in [6.07, 6.45) is 0. The summed E-state index contributed by atoms with van der Waals surface area (Å²) < 4.78 is 12.3. The Balaban J connectivity index is 2.43. The van der Waals surface area contributed by atoms with Gasteiger partial charge in [-0.2, -0.15) is 0 Å². The Morgan fingerprint density at radius 3 is 2.33 bits per heavy atom. The van der Waals surface area contributed by atoms with Gasteiger partial charge >= 0.3 is 0 Å². The maximum atomic E-state index is 12.5. The number of halogens is 2. The van der Waals surface area contributed by atoms with E-state index in [1.165, 1.54) is 11.3 Å². The Labute approximate surface area is 141 Å². The van der Waals surface area contributed by atoms with Crippen LogP contribution >= 0.6 is 38.9 Å². The predicted molar refractivity (Wildman–Crippen MR) is 89.2 cm³/mol. The normalized spacial score (nSPS) is 10.5. The van der Waals surface area contributed by atoms with E-state index in [0.29, 0.717) is 44.0 Å². The Bertz CT molecular complexity index is 654. The third-order valence-electron chi connectivity index (χ3n) is 2.67. The quantitative estimate of drug-likeness (QED) is 0.638. The molecule has 0 N–H and O–H groups in total. The molecule has 0 amide bonds. The largest absolute Gasteiger partial charge is 0.490 e. The van der Waals surface area contributed by atoms with Crippen LogP contribution < -0.4 is 9.47 Å². The van der Waals surface area contributed by atoms with Crippen molar-refractivity contribution in [3.05, 3.63) is 43.5 Å². The maximum absolute atomic E-state index is 12.5. The first-order valence-corrected chi connectivity index (χ1v) is 8.44. The molecule has 0 spiro atoms. The van der Waals surface area contributed by atoms with Crippen LogP contribution in [0.2, 0.25) is 4.34 Å². The molecule has 112 valence electrons. The zero-order valence-corrected chi connectivity index (χ0v) is 14.8. The van der Waals surface area contributed by atoms with Gasteiger partial charge in [0.15, 0.2) is 11.5 Å². The number of rotatable bonds is 6. The molecule has 1 aromatic carbocycles. The zero-order chi connectivity index (χ0) is 15.4. The third-order valence-corrected chi connectivity index (χ3v) is 4.56. The fourth-order valence-corrected chi connectivity index (χ4v) is 3.31. The number of thiophene rings is 1. The van der Waals surface area contributed by atoms with E-state index in [1.54, 1.807) is 24.3 Å². The van der Waals surface area contributed by atoms with Gasteiger partial charge < -0.3 is 9.47 Å². The van der Waals surface area contributed by atoms with Crippen molar-refractivity contribution in [2.24, 2.45) is 0 Å². The van der Waals surface area contributed by atoms with Crippen LogP contribution in [0.15, 0.2) is 28.7 Å². The minimum atomic E-state index is -0.0947. The second-order valence-corrected chi connectivity index (χ2v) is 6.65. The summed E-state index contributed by atoms with van der Waals surface area (Å²) in [6.45, 7) is 4.81. The van der Waals surface area contributed by atoms with Crippen molar-refractivity contribution in [1.29, 1.82) is 0 Å². The topological polar surface area (TPSA) is 35.5 Å². The molecule has 0 aliphatic carbocycles. The molecule has 0 aliphatic rings. The van der Waals surface area contributed by atoms with Crippen LogP contribution in [-0.4, -0.2) is 19.0 Å². The van der Waals surface area contributed by atoms with Gasteiger partial charge in [-0.15, -0.1) is 11.3 Å². The van der Waals surface area contributed by atoms with E-state index in [1.807, 2.05) is 13.8 Å². The summed E-state index contributed by atoms with van der Waals surface area (Å²) in [5.74, 6) is 1.09. The van der Waals surface area contributed by atoms with Crippen molar-refractivity contribution in [2.45, 2.75) is 13.8 Å². The van der Waals surface area contributed by atoms with Gasteiger partial charge in [-0.1, -0.05) is 11.6 Å². The molecule has 2 rings (SSSR count). The fraction of sp³-hybridized carbons (Fsp3) is 0.267. The van der Waals surface area contributed by atoms with Crippen LogP contribution in [0.25, 0.3) is 0 Å². The minimum absolute atomic E-state index is 0.0947. The van der Waals surface area contributed by atoms with Gasteiger partial charge in [0.2, 0.25) is 5.78 Å². The van der Waals surface area contributed by atoms with Crippen LogP contribution in [0.4, 0.5) is 0 Å². The molecule has 2 aromatic rings. The number of ether oxygens (including phenoxy) is 2. The molecule has 0 fully saturated rings. The minimum Gasteiger partial charge on any atom is -0.490 e. The van der Waals surface area contributed by atoms with Crippen LogP contribution in [0.1, 0.15) is 29.1 Å². The van der Waals surface area contributed by atoms with E-state index in [0.717, 1.165) is 0 Å². The van der Waals surface area contributed by atoms with E-state index >= 15 is 0 Å². The smallest absolute Gasteiger partial charge is 0.204 e.